The van der Waals surface area contributed by atoms with E-state index in [9.17, 15) is 9.90 Å². The lowest BCUT2D eigenvalue weighted by molar-refractivity contribution is 0.132. The monoisotopic (exact) mass is 428 g/mol. The van der Waals surface area contributed by atoms with Gasteiger partial charge in [0.25, 0.3) is 0 Å². The molecule has 0 aliphatic carbocycles. The van der Waals surface area contributed by atoms with Crippen molar-refractivity contribution in [2.45, 2.75) is 51.5 Å². The van der Waals surface area contributed by atoms with Gasteiger partial charge in [0, 0.05) is 12.6 Å². The predicted molar refractivity (Wildman–Crippen MR) is 125 cm³/mol. The van der Waals surface area contributed by atoms with Crippen molar-refractivity contribution in [2.24, 2.45) is 0 Å². The molecule has 1 unspecified atom stereocenters. The first-order chi connectivity index (χ1) is 14.6. The molecule has 6 heteroatoms. The topological polar surface area (TPSA) is 74.3 Å². The maximum Gasteiger partial charge on any atom is 0.305 e. The van der Waals surface area contributed by atoms with Crippen molar-refractivity contribution in [1.82, 2.24) is 10.3 Å². The lowest BCUT2D eigenvalue weighted by Crippen LogP contribution is -2.28. The molecular weight excluding hydrogens is 396 g/mol. The van der Waals surface area contributed by atoms with Crippen LogP contribution in [-0.4, -0.2) is 35.9 Å². The molecule has 1 atom stereocenters. The largest absolute Gasteiger partial charge is 0.506 e. The zero-order valence-electron chi connectivity index (χ0n) is 17.7. The highest BCUT2D eigenvalue weighted by Crippen LogP contribution is 2.27. The van der Waals surface area contributed by atoms with Crippen LogP contribution < -0.4 is 10.2 Å². The molecule has 0 aliphatic rings. The zero-order chi connectivity index (χ0) is 21.2. The van der Waals surface area contributed by atoms with Crippen LogP contribution in [0.3, 0.4) is 0 Å². The van der Waals surface area contributed by atoms with E-state index in [2.05, 4.69) is 41.5 Å². The number of phenolic OH excluding ortho intramolecular Hbond substituents is 1. The first-order valence-electron chi connectivity index (χ1n) is 10.8. The summed E-state index contributed by atoms with van der Waals surface area (Å²) in [5.41, 5.74) is 2.98. The van der Waals surface area contributed by atoms with Crippen molar-refractivity contribution in [3.8, 4) is 5.75 Å². The minimum atomic E-state index is -0.127. The second kappa shape index (κ2) is 11.9. The number of hydrogen-bond donors (Lipinski definition) is 3. The first kappa shape index (κ1) is 22.5. The van der Waals surface area contributed by atoms with Crippen LogP contribution >= 0.6 is 11.3 Å². The van der Waals surface area contributed by atoms with Gasteiger partial charge in [-0.2, -0.15) is 0 Å². The summed E-state index contributed by atoms with van der Waals surface area (Å²) in [7, 11) is 0. The van der Waals surface area contributed by atoms with E-state index in [0.717, 1.165) is 67.0 Å². The Morgan fingerprint density at radius 3 is 2.73 bits per heavy atom. The third kappa shape index (κ3) is 6.97. The molecule has 0 spiro atoms. The van der Waals surface area contributed by atoms with E-state index >= 15 is 0 Å². The van der Waals surface area contributed by atoms with Gasteiger partial charge >= 0.3 is 4.87 Å². The number of hydrogen-bond acceptors (Lipinski definition) is 5. The molecule has 0 bridgehead atoms. The van der Waals surface area contributed by atoms with E-state index in [0.29, 0.717) is 11.6 Å². The Hall–Kier alpha value is -2.15. The molecule has 0 amide bonds. The number of nitrogens with one attached hydrogen (secondary N) is 2. The average Bonchev–Trinajstić information content (AvgIpc) is 3.15. The third-order valence-corrected chi connectivity index (χ3v) is 6.29. The number of thiazole rings is 1. The van der Waals surface area contributed by atoms with Crippen LogP contribution in [0.4, 0.5) is 0 Å². The van der Waals surface area contributed by atoms with E-state index in [4.69, 9.17) is 4.74 Å². The molecule has 0 saturated carbocycles. The molecule has 0 saturated heterocycles. The van der Waals surface area contributed by atoms with Crippen LogP contribution in [0.15, 0.2) is 47.3 Å². The van der Waals surface area contributed by atoms with Crippen molar-refractivity contribution in [2.75, 3.05) is 19.8 Å². The number of rotatable bonds is 13. The lowest BCUT2D eigenvalue weighted by Gasteiger charge is -2.14. The SMILES string of the molecule is CC(CCCCCOCCc1ccccc1)NCCc1ccc(O)c2[nH]c(=O)sc12. The Morgan fingerprint density at radius 1 is 1.07 bits per heavy atom. The molecule has 0 radical (unpaired) electrons. The minimum absolute atomic E-state index is 0.127. The van der Waals surface area contributed by atoms with Crippen LogP contribution in [-0.2, 0) is 17.6 Å². The smallest absolute Gasteiger partial charge is 0.305 e. The number of ether oxygens (including phenoxy) is 1. The van der Waals surface area contributed by atoms with Gasteiger partial charge in [-0.15, -0.1) is 0 Å². The van der Waals surface area contributed by atoms with Gasteiger partial charge in [-0.05, 0) is 56.3 Å². The maximum atomic E-state index is 11.6. The number of aromatic hydroxyl groups is 1. The Labute approximate surface area is 182 Å². The third-order valence-electron chi connectivity index (χ3n) is 5.33. The molecule has 0 fully saturated rings. The summed E-state index contributed by atoms with van der Waals surface area (Å²) in [6, 6.07) is 14.5. The second-order valence-electron chi connectivity index (χ2n) is 7.76. The van der Waals surface area contributed by atoms with E-state index < -0.39 is 0 Å². The number of H-pyrrole nitrogens is 1. The number of aromatic nitrogens is 1. The quantitative estimate of drug-likeness (QED) is 0.347. The molecule has 3 N–H and O–H groups in total. The fraction of sp³-hybridized carbons (Fsp3) is 0.458. The highest BCUT2D eigenvalue weighted by atomic mass is 32.1. The molecular formula is C24H32N2O3S. The summed E-state index contributed by atoms with van der Waals surface area (Å²) in [4.78, 5) is 14.2. The molecule has 0 aliphatic heterocycles. The lowest BCUT2D eigenvalue weighted by atomic mass is 10.1. The van der Waals surface area contributed by atoms with Gasteiger partial charge in [0.15, 0.2) is 0 Å². The van der Waals surface area contributed by atoms with Gasteiger partial charge < -0.3 is 20.1 Å². The highest BCUT2D eigenvalue weighted by Gasteiger charge is 2.10. The van der Waals surface area contributed by atoms with Gasteiger partial charge in [-0.3, -0.25) is 4.79 Å². The number of fused-ring (bicyclic) bond motifs is 1. The number of unbranched alkanes of at least 4 members (excludes halogenated alkanes) is 2. The van der Waals surface area contributed by atoms with Gasteiger partial charge in [-0.25, -0.2) is 0 Å². The van der Waals surface area contributed by atoms with Crippen molar-refractivity contribution in [1.29, 1.82) is 0 Å². The summed E-state index contributed by atoms with van der Waals surface area (Å²) >= 11 is 1.16. The molecule has 3 aromatic rings. The minimum Gasteiger partial charge on any atom is -0.506 e. The van der Waals surface area contributed by atoms with Crippen LogP contribution in [0, 0.1) is 0 Å². The zero-order valence-corrected chi connectivity index (χ0v) is 18.5. The number of phenols is 1. The maximum absolute atomic E-state index is 11.6. The fourth-order valence-electron chi connectivity index (χ4n) is 3.59. The first-order valence-corrected chi connectivity index (χ1v) is 11.6. The standard InChI is InChI=1S/C24H32N2O3S/c1-18(8-4-3-7-16-29-17-14-19-9-5-2-6-10-19)25-15-13-20-11-12-21(27)22-23(20)30-24(28)26-22/h2,5-6,9-12,18,25,27H,3-4,7-8,13-17H2,1H3,(H,26,28). The van der Waals surface area contributed by atoms with E-state index in [1.165, 1.54) is 18.4 Å². The van der Waals surface area contributed by atoms with E-state index in [-0.39, 0.29) is 10.6 Å². The van der Waals surface area contributed by atoms with Gasteiger partial charge in [0.1, 0.15) is 11.3 Å². The van der Waals surface area contributed by atoms with Gasteiger partial charge in [0.2, 0.25) is 0 Å². The van der Waals surface area contributed by atoms with Crippen LogP contribution in [0.25, 0.3) is 10.2 Å². The van der Waals surface area contributed by atoms with Crippen molar-refractivity contribution < 1.29 is 9.84 Å². The van der Waals surface area contributed by atoms with Gasteiger partial charge in [-0.1, -0.05) is 60.6 Å². The summed E-state index contributed by atoms with van der Waals surface area (Å²) in [6.07, 6.45) is 6.46. The molecule has 1 heterocycles. The Kier molecular flexibility index (Phi) is 8.93. The van der Waals surface area contributed by atoms with Crippen LogP contribution in [0.2, 0.25) is 0 Å². The predicted octanol–water partition coefficient (Wildman–Crippen LogP) is 4.64. The second-order valence-corrected chi connectivity index (χ2v) is 8.75. The molecule has 3 rings (SSSR count). The summed E-state index contributed by atoms with van der Waals surface area (Å²) in [6.45, 7) is 4.71. The molecule has 30 heavy (non-hydrogen) atoms. The van der Waals surface area contributed by atoms with E-state index in [1.807, 2.05) is 12.1 Å². The fourth-order valence-corrected chi connectivity index (χ4v) is 4.49. The number of aromatic amines is 1. The summed E-state index contributed by atoms with van der Waals surface area (Å²) < 4.78 is 6.61. The van der Waals surface area contributed by atoms with Crippen molar-refractivity contribution in [3.63, 3.8) is 0 Å². The normalized spacial score (nSPS) is 12.4. The summed E-state index contributed by atoms with van der Waals surface area (Å²) in [5.74, 6) is 0.137. The molecule has 2 aromatic carbocycles. The van der Waals surface area contributed by atoms with Gasteiger partial charge in [0.05, 0.1) is 11.3 Å². The van der Waals surface area contributed by atoms with Crippen LogP contribution in [0.5, 0.6) is 5.75 Å². The molecule has 162 valence electrons. The molecule has 1 aromatic heterocycles. The van der Waals surface area contributed by atoms with Crippen molar-refractivity contribution >= 4 is 21.6 Å². The highest BCUT2D eigenvalue weighted by molar-refractivity contribution is 7.16. The average molecular weight is 429 g/mol. The number of benzene rings is 2. The van der Waals surface area contributed by atoms with Crippen LogP contribution in [0.1, 0.15) is 43.7 Å². The van der Waals surface area contributed by atoms with Crippen molar-refractivity contribution in [3.05, 3.63) is 63.3 Å². The summed E-state index contributed by atoms with van der Waals surface area (Å²) in [5, 5.41) is 13.4. The Morgan fingerprint density at radius 2 is 1.90 bits per heavy atom. The van der Waals surface area contributed by atoms with E-state index in [1.54, 1.807) is 6.07 Å². The Bertz CT molecular complexity index is 952. The molecule has 5 nitrogen and oxygen atoms in total. The Balaban J connectivity index is 1.24.